The van der Waals surface area contributed by atoms with Crippen LogP contribution in [0, 0.1) is 0 Å². The molecular weight excluding hydrogens is 385 g/mol. The molecule has 3 rings (SSSR count). The van der Waals surface area contributed by atoms with Crippen LogP contribution in [0.1, 0.15) is 10.4 Å². The Kier molecular flexibility index (Phi) is 6.58. The third-order valence-electron chi connectivity index (χ3n) is 3.64. The quantitative estimate of drug-likeness (QED) is 0.516. The van der Waals surface area contributed by atoms with E-state index in [9.17, 15) is 4.79 Å². The van der Waals surface area contributed by atoms with E-state index in [1.807, 2.05) is 30.3 Å². The molecule has 0 saturated heterocycles. The maximum Gasteiger partial charge on any atom is 0.255 e. The van der Waals surface area contributed by atoms with E-state index in [1.54, 1.807) is 42.5 Å². The van der Waals surface area contributed by atoms with Gasteiger partial charge in [0.1, 0.15) is 24.7 Å². The van der Waals surface area contributed by atoms with Crippen LogP contribution in [0.15, 0.2) is 72.8 Å². The lowest BCUT2D eigenvalue weighted by atomic mass is 10.2. The molecule has 0 aliphatic heterocycles. The number of para-hydroxylation sites is 1. The molecule has 1 amide bonds. The molecule has 0 aliphatic carbocycles. The second-order valence-corrected chi connectivity index (χ2v) is 6.44. The summed E-state index contributed by atoms with van der Waals surface area (Å²) in [5, 5.41) is 3.59. The Hall–Kier alpha value is -2.69. The van der Waals surface area contributed by atoms with Gasteiger partial charge in [-0.1, -0.05) is 47.5 Å². The van der Waals surface area contributed by atoms with Crippen LogP contribution in [-0.4, -0.2) is 19.1 Å². The van der Waals surface area contributed by atoms with Crippen molar-refractivity contribution in [2.24, 2.45) is 0 Å². The Morgan fingerprint density at radius 1 is 0.778 bits per heavy atom. The third kappa shape index (κ3) is 5.64. The fourth-order valence-electron chi connectivity index (χ4n) is 2.34. The number of ether oxygens (including phenoxy) is 2. The van der Waals surface area contributed by atoms with Crippen molar-refractivity contribution in [3.63, 3.8) is 0 Å². The maximum absolute atomic E-state index is 12.4. The molecule has 0 atom stereocenters. The lowest BCUT2D eigenvalue weighted by Gasteiger charge is -2.10. The number of hydrogen-bond donors (Lipinski definition) is 1. The summed E-state index contributed by atoms with van der Waals surface area (Å²) in [7, 11) is 0. The summed E-state index contributed by atoms with van der Waals surface area (Å²) in [6.07, 6.45) is 0. The molecule has 1 N–H and O–H groups in total. The van der Waals surface area contributed by atoms with E-state index in [-0.39, 0.29) is 5.91 Å². The van der Waals surface area contributed by atoms with Crippen molar-refractivity contribution in [2.45, 2.75) is 0 Å². The average Bonchev–Trinajstić information content (AvgIpc) is 2.69. The number of anilines is 1. The van der Waals surface area contributed by atoms with Crippen LogP contribution < -0.4 is 14.8 Å². The first-order valence-electron chi connectivity index (χ1n) is 8.29. The van der Waals surface area contributed by atoms with Crippen LogP contribution in [0.3, 0.4) is 0 Å². The largest absolute Gasteiger partial charge is 0.490 e. The van der Waals surface area contributed by atoms with Gasteiger partial charge in [-0.3, -0.25) is 4.79 Å². The predicted molar refractivity (Wildman–Crippen MR) is 108 cm³/mol. The van der Waals surface area contributed by atoms with Crippen molar-refractivity contribution in [2.75, 3.05) is 18.5 Å². The molecule has 6 heteroatoms. The molecule has 3 aromatic carbocycles. The molecule has 4 nitrogen and oxygen atoms in total. The highest BCUT2D eigenvalue weighted by atomic mass is 35.5. The summed E-state index contributed by atoms with van der Waals surface area (Å²) in [6, 6.07) is 21.4. The van der Waals surface area contributed by atoms with Crippen molar-refractivity contribution in [3.05, 3.63) is 88.4 Å². The Morgan fingerprint density at radius 2 is 1.48 bits per heavy atom. The molecule has 3 aromatic rings. The minimum absolute atomic E-state index is 0.264. The highest BCUT2D eigenvalue weighted by Gasteiger charge is 2.09. The fourth-order valence-corrected chi connectivity index (χ4v) is 2.64. The number of hydrogen-bond acceptors (Lipinski definition) is 3. The SMILES string of the molecule is O=C(Nc1ccc(Cl)c(Cl)c1)c1cccc(OCCOc2ccccc2)c1. The zero-order valence-corrected chi connectivity index (χ0v) is 15.8. The second-order valence-electron chi connectivity index (χ2n) is 5.62. The maximum atomic E-state index is 12.4. The first-order chi connectivity index (χ1) is 13.1. The van der Waals surface area contributed by atoms with Crippen molar-refractivity contribution in [1.29, 1.82) is 0 Å². The Labute approximate surface area is 167 Å². The number of amides is 1. The van der Waals surface area contributed by atoms with Crippen LogP contribution in [-0.2, 0) is 0 Å². The van der Waals surface area contributed by atoms with Crippen molar-refractivity contribution in [1.82, 2.24) is 0 Å². The highest BCUT2D eigenvalue weighted by Crippen LogP contribution is 2.25. The van der Waals surface area contributed by atoms with E-state index < -0.39 is 0 Å². The molecule has 0 unspecified atom stereocenters. The van der Waals surface area contributed by atoms with Crippen molar-refractivity contribution in [3.8, 4) is 11.5 Å². The average molecular weight is 402 g/mol. The molecule has 0 heterocycles. The van der Waals surface area contributed by atoms with Gasteiger partial charge < -0.3 is 14.8 Å². The van der Waals surface area contributed by atoms with Crippen molar-refractivity contribution < 1.29 is 14.3 Å². The van der Waals surface area contributed by atoms with Crippen LogP contribution in [0.25, 0.3) is 0 Å². The first-order valence-corrected chi connectivity index (χ1v) is 9.04. The van der Waals surface area contributed by atoms with E-state index in [2.05, 4.69) is 5.32 Å². The van der Waals surface area contributed by atoms with Gasteiger partial charge >= 0.3 is 0 Å². The summed E-state index contributed by atoms with van der Waals surface area (Å²) >= 11 is 11.9. The third-order valence-corrected chi connectivity index (χ3v) is 4.38. The summed E-state index contributed by atoms with van der Waals surface area (Å²) in [5.41, 5.74) is 1.04. The highest BCUT2D eigenvalue weighted by molar-refractivity contribution is 6.42. The number of carbonyl (C=O) groups is 1. The minimum atomic E-state index is -0.264. The van der Waals surface area contributed by atoms with Crippen LogP contribution in [0.2, 0.25) is 10.0 Å². The van der Waals surface area contributed by atoms with E-state index >= 15 is 0 Å². The van der Waals surface area contributed by atoms with Gasteiger partial charge in [0, 0.05) is 11.3 Å². The molecular formula is C21H17Cl2NO3. The zero-order chi connectivity index (χ0) is 19.1. The molecule has 0 fully saturated rings. The van der Waals surface area contributed by atoms with Gasteiger partial charge in [0.05, 0.1) is 10.0 Å². The van der Waals surface area contributed by atoms with E-state index in [0.717, 1.165) is 5.75 Å². The second kappa shape index (κ2) is 9.31. The van der Waals surface area contributed by atoms with Gasteiger partial charge in [0.25, 0.3) is 5.91 Å². The summed E-state index contributed by atoms with van der Waals surface area (Å²) in [4.78, 5) is 12.4. The van der Waals surface area contributed by atoms with Crippen molar-refractivity contribution >= 4 is 34.8 Å². The molecule has 138 valence electrons. The smallest absolute Gasteiger partial charge is 0.255 e. The van der Waals surface area contributed by atoms with Crippen LogP contribution in [0.5, 0.6) is 11.5 Å². The molecule has 0 spiro atoms. The standard InChI is InChI=1S/C21H17Cl2NO3/c22-19-10-9-16(14-20(19)23)24-21(25)15-5-4-8-18(13-15)27-12-11-26-17-6-2-1-3-7-17/h1-10,13-14H,11-12H2,(H,24,25). The minimum Gasteiger partial charge on any atom is -0.490 e. The molecule has 0 aliphatic rings. The van der Waals surface area contributed by atoms with Crippen LogP contribution >= 0.6 is 23.2 Å². The number of halogens is 2. The number of benzene rings is 3. The van der Waals surface area contributed by atoms with Gasteiger partial charge in [-0.2, -0.15) is 0 Å². The topological polar surface area (TPSA) is 47.6 Å². The molecule has 0 bridgehead atoms. The van der Waals surface area contributed by atoms with Crippen LogP contribution in [0.4, 0.5) is 5.69 Å². The van der Waals surface area contributed by atoms with E-state index in [1.165, 1.54) is 0 Å². The normalized spacial score (nSPS) is 10.3. The summed E-state index contributed by atoms with van der Waals surface area (Å²) in [6.45, 7) is 0.774. The summed E-state index contributed by atoms with van der Waals surface area (Å²) in [5.74, 6) is 1.11. The van der Waals surface area contributed by atoms with E-state index in [4.69, 9.17) is 32.7 Å². The number of carbonyl (C=O) groups excluding carboxylic acids is 1. The fraction of sp³-hybridized carbons (Fsp3) is 0.0952. The van der Waals surface area contributed by atoms with Gasteiger partial charge in [0.15, 0.2) is 0 Å². The summed E-state index contributed by atoms with van der Waals surface area (Å²) < 4.78 is 11.2. The number of nitrogens with one attached hydrogen (secondary N) is 1. The molecule has 27 heavy (non-hydrogen) atoms. The van der Waals surface area contributed by atoms with Gasteiger partial charge in [-0.25, -0.2) is 0 Å². The Balaban J connectivity index is 1.54. The molecule has 0 aromatic heterocycles. The first kappa shape index (κ1) is 19.1. The van der Waals surface area contributed by atoms with E-state index in [0.29, 0.717) is 40.3 Å². The monoisotopic (exact) mass is 401 g/mol. The Bertz CT molecular complexity index is 916. The lowest BCUT2D eigenvalue weighted by molar-refractivity contribution is 0.102. The zero-order valence-electron chi connectivity index (χ0n) is 14.3. The van der Waals surface area contributed by atoms with Gasteiger partial charge in [0.2, 0.25) is 0 Å². The molecule has 0 saturated carbocycles. The van der Waals surface area contributed by atoms with Gasteiger partial charge in [-0.15, -0.1) is 0 Å². The lowest BCUT2D eigenvalue weighted by Crippen LogP contribution is -2.13. The Morgan fingerprint density at radius 3 is 2.22 bits per heavy atom. The molecule has 0 radical (unpaired) electrons. The van der Waals surface area contributed by atoms with Gasteiger partial charge in [-0.05, 0) is 48.5 Å². The number of rotatable bonds is 7. The predicted octanol–water partition coefficient (Wildman–Crippen LogP) is 5.70.